The van der Waals surface area contributed by atoms with E-state index in [0.717, 1.165) is 12.8 Å². The maximum atomic E-state index is 10.4. The zero-order chi connectivity index (χ0) is 6.97. The van der Waals surface area contributed by atoms with Crippen LogP contribution in [0.3, 0.4) is 0 Å². The summed E-state index contributed by atoms with van der Waals surface area (Å²) in [6, 6.07) is 0. The first-order valence-electron chi connectivity index (χ1n) is 3.27. The Hall–Kier alpha value is -1.06. The van der Waals surface area contributed by atoms with E-state index in [4.69, 9.17) is 0 Å². The molecule has 1 fully saturated rings. The second-order valence-electron chi connectivity index (χ2n) is 2.40. The third kappa shape index (κ3) is 0.761. The fraction of sp³-hybridized carbons (Fsp3) is 0.500. The average Bonchev–Trinajstić information content (AvgIpc) is 2.10. The second-order valence-corrected chi connectivity index (χ2v) is 2.40. The van der Waals surface area contributed by atoms with Gasteiger partial charge in [-0.15, -0.1) is 0 Å². The number of hydrogen-bond acceptors (Lipinski definition) is 3. The van der Waals surface area contributed by atoms with Gasteiger partial charge in [-0.1, -0.05) is 11.6 Å². The van der Waals surface area contributed by atoms with Crippen molar-refractivity contribution < 1.29 is 4.52 Å². The molecule has 0 aromatic carbocycles. The van der Waals surface area contributed by atoms with Crippen LogP contribution in [0.4, 0.5) is 0 Å². The van der Waals surface area contributed by atoms with E-state index < -0.39 is 5.76 Å². The molecule has 0 bridgehead atoms. The molecule has 1 aliphatic rings. The van der Waals surface area contributed by atoms with E-state index in [2.05, 4.69) is 14.7 Å². The fourth-order valence-electron chi connectivity index (χ4n) is 0.973. The molecule has 1 aromatic rings. The molecule has 53 valence electrons. The summed E-state index contributed by atoms with van der Waals surface area (Å²) in [5, 5.41) is 3.56. The molecule has 10 heavy (non-hydrogen) atoms. The number of nitrogens with one attached hydrogen (secondary N) is 1. The molecular weight excluding hydrogens is 132 g/mol. The predicted octanol–water partition coefficient (Wildman–Crippen LogP) is 0.469. The molecular formula is C6H7N2O2. The Morgan fingerprint density at radius 2 is 2.30 bits per heavy atom. The van der Waals surface area contributed by atoms with Crippen molar-refractivity contribution in [1.29, 1.82) is 0 Å². The summed E-state index contributed by atoms with van der Waals surface area (Å²) in [5.41, 5.74) is 0. The van der Waals surface area contributed by atoms with Gasteiger partial charge in [0.15, 0.2) is 5.82 Å². The van der Waals surface area contributed by atoms with Crippen molar-refractivity contribution in [2.75, 3.05) is 0 Å². The Balaban J connectivity index is 2.25. The molecule has 0 unspecified atom stereocenters. The number of hydrogen-bond donors (Lipinski definition) is 1. The number of nitrogens with zero attached hydrogens (tertiary/aromatic N) is 1. The van der Waals surface area contributed by atoms with Crippen molar-refractivity contribution in [2.45, 2.75) is 19.3 Å². The minimum atomic E-state index is -0.464. The van der Waals surface area contributed by atoms with Crippen molar-refractivity contribution in [2.24, 2.45) is 0 Å². The van der Waals surface area contributed by atoms with Crippen molar-refractivity contribution in [3.63, 3.8) is 0 Å². The molecule has 4 heteroatoms. The summed E-state index contributed by atoms with van der Waals surface area (Å²) >= 11 is 0. The summed E-state index contributed by atoms with van der Waals surface area (Å²) in [6.45, 7) is 0. The normalized spacial score (nSPS) is 18.8. The molecule has 1 saturated carbocycles. The van der Waals surface area contributed by atoms with Gasteiger partial charge >= 0.3 is 5.76 Å². The largest absolute Gasteiger partial charge is 0.438 e. The standard InChI is InChI=1S/C6H7N2O2/c9-6-7-5(8-10-6)4-2-1-3-4/h1-3H2,(H,7,8,9). The Labute approximate surface area is 57.2 Å². The van der Waals surface area contributed by atoms with Crippen LogP contribution >= 0.6 is 0 Å². The molecule has 1 aliphatic carbocycles. The molecule has 2 rings (SSSR count). The van der Waals surface area contributed by atoms with Crippen molar-refractivity contribution in [3.05, 3.63) is 22.3 Å². The van der Waals surface area contributed by atoms with Gasteiger partial charge in [0.25, 0.3) is 0 Å². The third-order valence-electron chi connectivity index (χ3n) is 1.73. The zero-order valence-corrected chi connectivity index (χ0v) is 5.39. The van der Waals surface area contributed by atoms with E-state index in [-0.39, 0.29) is 0 Å². The number of H-pyrrole nitrogens is 1. The van der Waals surface area contributed by atoms with E-state index in [1.165, 1.54) is 12.3 Å². The lowest BCUT2D eigenvalue weighted by Crippen LogP contribution is -2.12. The van der Waals surface area contributed by atoms with Crippen LogP contribution in [0.15, 0.2) is 9.32 Å². The molecule has 0 amide bonds. The lowest BCUT2D eigenvalue weighted by Gasteiger charge is -2.20. The highest BCUT2D eigenvalue weighted by atomic mass is 16.5. The van der Waals surface area contributed by atoms with E-state index in [9.17, 15) is 4.79 Å². The van der Waals surface area contributed by atoms with Crippen LogP contribution in [0.25, 0.3) is 0 Å². The van der Waals surface area contributed by atoms with Gasteiger partial charge in [0.2, 0.25) is 0 Å². The second kappa shape index (κ2) is 1.97. The predicted molar refractivity (Wildman–Crippen MR) is 33.3 cm³/mol. The van der Waals surface area contributed by atoms with Crippen LogP contribution in [0.2, 0.25) is 0 Å². The van der Waals surface area contributed by atoms with Gasteiger partial charge in [0.05, 0.1) is 0 Å². The van der Waals surface area contributed by atoms with Gasteiger partial charge in [0.1, 0.15) is 0 Å². The molecule has 0 aliphatic heterocycles. The van der Waals surface area contributed by atoms with Crippen molar-refractivity contribution in [1.82, 2.24) is 10.1 Å². The minimum Gasteiger partial charge on any atom is -0.296 e. The Kier molecular flexibility index (Phi) is 1.12. The van der Waals surface area contributed by atoms with E-state index >= 15 is 0 Å². The third-order valence-corrected chi connectivity index (χ3v) is 1.73. The van der Waals surface area contributed by atoms with Gasteiger partial charge in [-0.05, 0) is 12.8 Å². The van der Waals surface area contributed by atoms with Crippen LogP contribution in [-0.2, 0) is 0 Å². The smallest absolute Gasteiger partial charge is 0.296 e. The maximum Gasteiger partial charge on any atom is 0.438 e. The van der Waals surface area contributed by atoms with Crippen molar-refractivity contribution >= 4 is 0 Å². The Morgan fingerprint density at radius 1 is 1.50 bits per heavy atom. The highest BCUT2D eigenvalue weighted by molar-refractivity contribution is 5.17. The highest BCUT2D eigenvalue weighted by Crippen LogP contribution is 2.32. The van der Waals surface area contributed by atoms with Crippen LogP contribution in [0, 0.1) is 5.92 Å². The first kappa shape index (κ1) is 5.70. The average molecular weight is 139 g/mol. The highest BCUT2D eigenvalue weighted by Gasteiger charge is 2.23. The van der Waals surface area contributed by atoms with Crippen LogP contribution in [0.1, 0.15) is 25.1 Å². The first-order chi connectivity index (χ1) is 4.86. The Bertz CT molecular complexity index is 271. The lowest BCUT2D eigenvalue weighted by molar-refractivity contribution is 0.378. The number of rotatable bonds is 1. The number of aromatic amines is 1. The van der Waals surface area contributed by atoms with Gasteiger partial charge in [-0.25, -0.2) is 4.79 Å². The summed E-state index contributed by atoms with van der Waals surface area (Å²) < 4.78 is 4.34. The van der Waals surface area contributed by atoms with Gasteiger partial charge < -0.3 is 0 Å². The summed E-state index contributed by atoms with van der Waals surface area (Å²) in [4.78, 5) is 12.9. The SMILES string of the molecule is O=c1[nH]c([C]2CCC2)no1. The lowest BCUT2D eigenvalue weighted by atomic mass is 9.85. The number of aromatic nitrogens is 2. The van der Waals surface area contributed by atoms with E-state index in [0.29, 0.717) is 5.82 Å². The maximum absolute atomic E-state index is 10.4. The molecule has 1 N–H and O–H groups in total. The summed E-state index contributed by atoms with van der Waals surface area (Å²) in [6.07, 6.45) is 3.29. The topological polar surface area (TPSA) is 58.9 Å². The molecule has 4 nitrogen and oxygen atoms in total. The van der Waals surface area contributed by atoms with E-state index in [1.54, 1.807) is 0 Å². The van der Waals surface area contributed by atoms with Crippen LogP contribution in [-0.4, -0.2) is 10.1 Å². The molecule has 0 atom stereocenters. The molecule has 1 heterocycles. The summed E-state index contributed by atoms with van der Waals surface area (Å²) in [7, 11) is 0. The van der Waals surface area contributed by atoms with E-state index in [1.807, 2.05) is 0 Å². The first-order valence-corrected chi connectivity index (χ1v) is 3.27. The minimum absolute atomic E-state index is 0.464. The molecule has 0 saturated heterocycles. The van der Waals surface area contributed by atoms with Crippen LogP contribution < -0.4 is 5.76 Å². The monoisotopic (exact) mass is 139 g/mol. The van der Waals surface area contributed by atoms with Crippen molar-refractivity contribution in [3.8, 4) is 0 Å². The van der Waals surface area contributed by atoms with Gasteiger partial charge in [-0.3, -0.25) is 9.51 Å². The quantitative estimate of drug-likeness (QED) is 0.615. The summed E-state index contributed by atoms with van der Waals surface area (Å²) in [5.74, 6) is 1.37. The fourth-order valence-corrected chi connectivity index (χ4v) is 0.973. The van der Waals surface area contributed by atoms with Gasteiger partial charge in [-0.2, -0.15) is 0 Å². The molecule has 0 spiro atoms. The van der Waals surface area contributed by atoms with Gasteiger partial charge in [0, 0.05) is 5.92 Å². The molecule has 1 radical (unpaired) electrons. The zero-order valence-electron chi connectivity index (χ0n) is 5.39. The Morgan fingerprint density at radius 3 is 2.70 bits per heavy atom. The molecule has 1 aromatic heterocycles. The van der Waals surface area contributed by atoms with Crippen LogP contribution in [0.5, 0.6) is 0 Å².